The maximum Gasteiger partial charge on any atom is 0.0876 e. The Bertz CT molecular complexity index is 343. The van der Waals surface area contributed by atoms with E-state index >= 15 is 0 Å². The minimum absolute atomic E-state index is 0.0829. The first-order chi connectivity index (χ1) is 7.91. The van der Waals surface area contributed by atoms with Gasteiger partial charge in [-0.05, 0) is 18.4 Å². The van der Waals surface area contributed by atoms with Gasteiger partial charge in [-0.1, -0.05) is 43.2 Å². The van der Waals surface area contributed by atoms with Gasteiger partial charge in [0, 0.05) is 6.54 Å². The highest BCUT2D eigenvalue weighted by molar-refractivity contribution is 5.23. The van der Waals surface area contributed by atoms with Crippen LogP contribution < -0.4 is 5.32 Å². The van der Waals surface area contributed by atoms with Crippen molar-refractivity contribution in [1.82, 2.24) is 5.32 Å². The van der Waals surface area contributed by atoms with Gasteiger partial charge in [-0.2, -0.15) is 0 Å². The number of rotatable bonds is 1. The van der Waals surface area contributed by atoms with Crippen molar-refractivity contribution in [3.63, 3.8) is 0 Å². The predicted molar refractivity (Wildman–Crippen MR) is 64.3 cm³/mol. The Balaban J connectivity index is 1.91. The summed E-state index contributed by atoms with van der Waals surface area (Å²) < 4.78 is 6.13. The van der Waals surface area contributed by atoms with Crippen molar-refractivity contribution in [2.24, 2.45) is 0 Å². The van der Waals surface area contributed by atoms with Crippen LogP contribution in [0.25, 0.3) is 0 Å². The number of nitrogens with one attached hydrogen (secondary N) is 1. The van der Waals surface area contributed by atoms with Crippen molar-refractivity contribution in [2.45, 2.75) is 37.3 Å². The van der Waals surface area contributed by atoms with Gasteiger partial charge in [0.1, 0.15) is 0 Å². The summed E-state index contributed by atoms with van der Waals surface area (Å²) in [6, 6.07) is 11.1. The molecular weight excluding hydrogens is 198 g/mol. The summed E-state index contributed by atoms with van der Waals surface area (Å²) in [5, 5.41) is 3.64. The van der Waals surface area contributed by atoms with Crippen LogP contribution in [0.1, 0.15) is 37.3 Å². The first-order valence-corrected chi connectivity index (χ1v) is 6.33. The van der Waals surface area contributed by atoms with Gasteiger partial charge in [-0.25, -0.2) is 0 Å². The molecule has 1 heterocycles. The highest BCUT2D eigenvalue weighted by atomic mass is 16.5. The van der Waals surface area contributed by atoms with Gasteiger partial charge in [0.05, 0.1) is 18.2 Å². The molecule has 1 saturated carbocycles. The number of hydrogen-bond donors (Lipinski definition) is 1. The average Bonchev–Trinajstić information content (AvgIpc) is 2.80. The number of benzene rings is 1. The quantitative estimate of drug-likeness (QED) is 0.781. The van der Waals surface area contributed by atoms with E-state index in [2.05, 4.69) is 35.6 Å². The van der Waals surface area contributed by atoms with Gasteiger partial charge in [-0.15, -0.1) is 0 Å². The third kappa shape index (κ3) is 1.66. The third-order valence-electron chi connectivity index (χ3n) is 3.95. The molecule has 0 bridgehead atoms. The van der Waals surface area contributed by atoms with Crippen LogP contribution in [0.15, 0.2) is 30.3 Å². The second-order valence-corrected chi connectivity index (χ2v) is 4.92. The van der Waals surface area contributed by atoms with Gasteiger partial charge in [-0.3, -0.25) is 0 Å². The lowest BCUT2D eigenvalue weighted by molar-refractivity contribution is -0.0935. The van der Waals surface area contributed by atoms with Crippen molar-refractivity contribution >= 4 is 0 Å². The molecule has 0 radical (unpaired) electrons. The molecule has 1 N–H and O–H groups in total. The van der Waals surface area contributed by atoms with E-state index < -0.39 is 0 Å². The second kappa shape index (κ2) is 4.19. The Kier molecular flexibility index (Phi) is 2.70. The summed E-state index contributed by atoms with van der Waals surface area (Å²) in [6.45, 7) is 1.84. The Morgan fingerprint density at radius 2 is 1.88 bits per heavy atom. The lowest BCUT2D eigenvalue weighted by Crippen LogP contribution is -2.50. The van der Waals surface area contributed by atoms with E-state index in [4.69, 9.17) is 4.74 Å². The molecule has 2 fully saturated rings. The zero-order chi connectivity index (χ0) is 10.8. The van der Waals surface area contributed by atoms with Crippen LogP contribution in [0.4, 0.5) is 0 Å². The molecule has 1 aliphatic carbocycles. The smallest absolute Gasteiger partial charge is 0.0876 e. The molecule has 16 heavy (non-hydrogen) atoms. The molecule has 2 aliphatic rings. The van der Waals surface area contributed by atoms with E-state index in [1.807, 2.05) is 0 Å². The molecule has 3 rings (SSSR count). The zero-order valence-electron chi connectivity index (χ0n) is 9.61. The largest absolute Gasteiger partial charge is 0.372 e. The summed E-state index contributed by atoms with van der Waals surface area (Å²) >= 11 is 0. The SMILES string of the molecule is c1ccc(C2NCCOC23CCCC3)cc1. The molecule has 86 valence electrons. The fraction of sp³-hybridized carbons (Fsp3) is 0.571. The molecule has 1 aromatic carbocycles. The van der Waals surface area contributed by atoms with Crippen molar-refractivity contribution in [3.05, 3.63) is 35.9 Å². The first kappa shape index (κ1) is 10.3. The molecule has 2 heteroatoms. The van der Waals surface area contributed by atoms with Gasteiger partial charge < -0.3 is 10.1 Å². The molecular formula is C14H19NO. The lowest BCUT2D eigenvalue weighted by atomic mass is 9.85. The topological polar surface area (TPSA) is 21.3 Å². The Morgan fingerprint density at radius 3 is 2.62 bits per heavy atom. The fourth-order valence-corrected chi connectivity index (χ4v) is 3.20. The summed E-state index contributed by atoms with van der Waals surface area (Å²) in [5.41, 5.74) is 1.46. The predicted octanol–water partition coefficient (Wildman–Crippen LogP) is 2.66. The van der Waals surface area contributed by atoms with Crippen molar-refractivity contribution in [3.8, 4) is 0 Å². The zero-order valence-corrected chi connectivity index (χ0v) is 9.61. The maximum absolute atomic E-state index is 6.13. The highest BCUT2D eigenvalue weighted by Crippen LogP contribution is 2.44. The highest BCUT2D eigenvalue weighted by Gasteiger charge is 2.44. The molecule has 2 nitrogen and oxygen atoms in total. The van der Waals surface area contributed by atoms with Crippen LogP contribution in [0.3, 0.4) is 0 Å². The van der Waals surface area contributed by atoms with E-state index in [1.165, 1.54) is 31.2 Å². The normalized spacial score (nSPS) is 28.4. The van der Waals surface area contributed by atoms with Crippen LogP contribution in [-0.4, -0.2) is 18.8 Å². The van der Waals surface area contributed by atoms with Crippen LogP contribution >= 0.6 is 0 Å². The van der Waals surface area contributed by atoms with Crippen LogP contribution in [0.5, 0.6) is 0 Å². The van der Waals surface area contributed by atoms with E-state index in [9.17, 15) is 0 Å². The van der Waals surface area contributed by atoms with Crippen molar-refractivity contribution < 1.29 is 4.74 Å². The van der Waals surface area contributed by atoms with Crippen molar-refractivity contribution in [2.75, 3.05) is 13.2 Å². The molecule has 1 aromatic rings. The Hall–Kier alpha value is -0.860. The molecule has 1 aliphatic heterocycles. The summed E-state index contributed by atoms with van der Waals surface area (Å²) in [5.74, 6) is 0. The van der Waals surface area contributed by atoms with Crippen LogP contribution in [0, 0.1) is 0 Å². The van der Waals surface area contributed by atoms with E-state index in [0.717, 1.165) is 13.2 Å². The maximum atomic E-state index is 6.13. The summed E-state index contributed by atoms with van der Waals surface area (Å²) in [7, 11) is 0. The Morgan fingerprint density at radius 1 is 1.12 bits per heavy atom. The van der Waals surface area contributed by atoms with E-state index in [1.54, 1.807) is 0 Å². The molecule has 1 spiro atoms. The van der Waals surface area contributed by atoms with E-state index in [-0.39, 0.29) is 5.60 Å². The number of ether oxygens (including phenoxy) is 1. The van der Waals surface area contributed by atoms with Crippen molar-refractivity contribution in [1.29, 1.82) is 0 Å². The Labute approximate surface area is 97.0 Å². The van der Waals surface area contributed by atoms with Gasteiger partial charge in [0.25, 0.3) is 0 Å². The summed E-state index contributed by atoms with van der Waals surface area (Å²) in [4.78, 5) is 0. The second-order valence-electron chi connectivity index (χ2n) is 4.92. The monoisotopic (exact) mass is 217 g/mol. The first-order valence-electron chi connectivity index (χ1n) is 6.33. The third-order valence-corrected chi connectivity index (χ3v) is 3.95. The summed E-state index contributed by atoms with van der Waals surface area (Å²) in [6.07, 6.45) is 5.04. The molecule has 1 atom stereocenters. The minimum atomic E-state index is 0.0829. The van der Waals surface area contributed by atoms with Crippen LogP contribution in [-0.2, 0) is 4.74 Å². The molecule has 1 unspecified atom stereocenters. The lowest BCUT2D eigenvalue weighted by Gasteiger charge is -2.42. The number of hydrogen-bond acceptors (Lipinski definition) is 2. The minimum Gasteiger partial charge on any atom is -0.372 e. The van der Waals surface area contributed by atoms with Gasteiger partial charge in [0.15, 0.2) is 0 Å². The molecule has 1 saturated heterocycles. The standard InChI is InChI=1S/C14H19NO/c1-2-6-12(7-3-1)13-14(8-4-5-9-14)16-11-10-15-13/h1-3,6-7,13,15H,4-5,8-11H2. The van der Waals surface area contributed by atoms with Gasteiger partial charge >= 0.3 is 0 Å². The molecule has 0 aromatic heterocycles. The van der Waals surface area contributed by atoms with Gasteiger partial charge in [0.2, 0.25) is 0 Å². The van der Waals surface area contributed by atoms with E-state index in [0.29, 0.717) is 6.04 Å². The fourth-order valence-electron chi connectivity index (χ4n) is 3.20. The van der Waals surface area contributed by atoms with Crippen LogP contribution in [0.2, 0.25) is 0 Å². The molecule has 0 amide bonds. The number of morpholine rings is 1. The average molecular weight is 217 g/mol.